The molecule has 130 valence electrons. The minimum absolute atomic E-state index is 0.101. The summed E-state index contributed by atoms with van der Waals surface area (Å²) in [6.07, 6.45) is 12.9. The van der Waals surface area contributed by atoms with E-state index in [9.17, 15) is 9.90 Å². The minimum atomic E-state index is -0.807. The second kappa shape index (κ2) is 12.9. The van der Waals surface area contributed by atoms with Gasteiger partial charge in [-0.25, -0.2) is 4.79 Å². The Kier molecular flexibility index (Phi) is 12.0. The van der Waals surface area contributed by atoms with Crippen molar-refractivity contribution in [3.05, 3.63) is 46.6 Å². The van der Waals surface area contributed by atoms with E-state index < -0.39 is 5.97 Å². The van der Waals surface area contributed by atoms with Gasteiger partial charge in [0.05, 0.1) is 6.61 Å². The van der Waals surface area contributed by atoms with Crippen LogP contribution in [0.2, 0.25) is 0 Å². The second-order valence-electron chi connectivity index (χ2n) is 6.22. The summed E-state index contributed by atoms with van der Waals surface area (Å²) in [5, 5.41) is 18.0. The van der Waals surface area contributed by atoms with Crippen molar-refractivity contribution in [3.63, 3.8) is 0 Å². The first-order valence-electron chi connectivity index (χ1n) is 8.34. The van der Waals surface area contributed by atoms with Gasteiger partial charge in [-0.15, -0.1) is 0 Å². The van der Waals surface area contributed by atoms with E-state index in [2.05, 4.69) is 19.1 Å². The average Bonchev–Trinajstić information content (AvgIpc) is 2.45. The second-order valence-corrected chi connectivity index (χ2v) is 6.22. The number of aliphatic carboxylic acids is 1. The largest absolute Gasteiger partial charge is 0.478 e. The number of hydrogen-bond donors (Lipinski definition) is 2. The van der Waals surface area contributed by atoms with Gasteiger partial charge in [0, 0.05) is 5.57 Å². The number of rotatable bonds is 11. The molecular formula is C20H32O3. The summed E-state index contributed by atoms with van der Waals surface area (Å²) >= 11 is 0. The zero-order valence-corrected chi connectivity index (χ0v) is 15.1. The number of hydrogen-bond acceptors (Lipinski definition) is 2. The van der Waals surface area contributed by atoms with E-state index in [1.165, 1.54) is 16.7 Å². The maximum atomic E-state index is 11.2. The lowest BCUT2D eigenvalue weighted by Crippen LogP contribution is -2.00. The Morgan fingerprint density at radius 2 is 1.30 bits per heavy atom. The van der Waals surface area contributed by atoms with E-state index in [1.807, 2.05) is 32.9 Å². The van der Waals surface area contributed by atoms with E-state index >= 15 is 0 Å². The molecule has 2 N–H and O–H groups in total. The van der Waals surface area contributed by atoms with Crippen LogP contribution in [0.4, 0.5) is 0 Å². The van der Waals surface area contributed by atoms with Gasteiger partial charge in [0.2, 0.25) is 0 Å². The third-order valence-corrected chi connectivity index (χ3v) is 3.64. The van der Waals surface area contributed by atoms with Crippen LogP contribution in [0.15, 0.2) is 46.6 Å². The maximum Gasteiger partial charge on any atom is 0.331 e. The van der Waals surface area contributed by atoms with E-state index in [4.69, 9.17) is 5.11 Å². The molecule has 0 aliphatic heterocycles. The number of aliphatic hydroxyl groups is 1. The summed E-state index contributed by atoms with van der Waals surface area (Å²) in [5.41, 5.74) is 4.21. The monoisotopic (exact) mass is 320 g/mol. The summed E-state index contributed by atoms with van der Waals surface area (Å²) in [5.74, 6) is -0.807. The molecule has 0 aromatic carbocycles. The van der Waals surface area contributed by atoms with E-state index in [0.29, 0.717) is 12.0 Å². The lowest BCUT2D eigenvalue weighted by Gasteiger charge is -2.03. The molecule has 0 aliphatic carbocycles. The topological polar surface area (TPSA) is 57.5 Å². The van der Waals surface area contributed by atoms with Gasteiger partial charge in [-0.3, -0.25) is 0 Å². The molecular weight excluding hydrogens is 288 g/mol. The fraction of sp³-hybridized carbons (Fsp3) is 0.550. The smallest absolute Gasteiger partial charge is 0.331 e. The molecule has 0 bridgehead atoms. The highest BCUT2D eigenvalue weighted by Crippen LogP contribution is 2.14. The number of carbonyl (C=O) groups is 1. The molecule has 23 heavy (non-hydrogen) atoms. The Balaban J connectivity index is 4.31. The molecule has 0 unspecified atom stereocenters. The summed E-state index contributed by atoms with van der Waals surface area (Å²) in [6.45, 7) is 8.26. The van der Waals surface area contributed by atoms with E-state index in [1.54, 1.807) is 0 Å². The van der Waals surface area contributed by atoms with E-state index in [0.717, 1.165) is 32.1 Å². The molecule has 0 atom stereocenters. The lowest BCUT2D eigenvalue weighted by atomic mass is 10.0. The molecule has 0 saturated carbocycles. The quantitative estimate of drug-likeness (QED) is 0.407. The molecule has 0 aromatic rings. The zero-order chi connectivity index (χ0) is 17.7. The fourth-order valence-corrected chi connectivity index (χ4v) is 2.19. The molecule has 0 radical (unpaired) electrons. The molecule has 0 rings (SSSR count). The van der Waals surface area contributed by atoms with Crippen LogP contribution in [0.3, 0.4) is 0 Å². The molecule has 0 aliphatic rings. The van der Waals surface area contributed by atoms with Gasteiger partial charge in [-0.2, -0.15) is 0 Å². The van der Waals surface area contributed by atoms with Crippen molar-refractivity contribution in [3.8, 4) is 0 Å². The van der Waals surface area contributed by atoms with Crippen LogP contribution in [0, 0.1) is 0 Å². The minimum Gasteiger partial charge on any atom is -0.478 e. The Bertz CT molecular complexity index is 475. The molecule has 3 heteroatoms. The van der Waals surface area contributed by atoms with Gasteiger partial charge in [0.1, 0.15) is 0 Å². The third kappa shape index (κ3) is 12.6. The van der Waals surface area contributed by atoms with Crippen LogP contribution < -0.4 is 0 Å². The number of carboxylic acid groups (broad SMARTS) is 1. The molecule has 0 aromatic heterocycles. The van der Waals surface area contributed by atoms with Crippen LogP contribution in [-0.4, -0.2) is 22.8 Å². The molecule has 0 saturated heterocycles. The van der Waals surface area contributed by atoms with Crippen molar-refractivity contribution < 1.29 is 15.0 Å². The molecule has 0 heterocycles. The molecule has 0 fully saturated rings. The Labute approximate surface area is 141 Å². The van der Waals surface area contributed by atoms with Gasteiger partial charge in [0.25, 0.3) is 0 Å². The van der Waals surface area contributed by atoms with Crippen molar-refractivity contribution in [2.75, 3.05) is 6.61 Å². The third-order valence-electron chi connectivity index (χ3n) is 3.64. The van der Waals surface area contributed by atoms with Crippen molar-refractivity contribution in [2.24, 2.45) is 0 Å². The van der Waals surface area contributed by atoms with Crippen LogP contribution in [0.5, 0.6) is 0 Å². The van der Waals surface area contributed by atoms with Crippen molar-refractivity contribution >= 4 is 5.97 Å². The first kappa shape index (κ1) is 21.4. The highest BCUT2D eigenvalue weighted by atomic mass is 16.4. The molecule has 0 spiro atoms. The Morgan fingerprint density at radius 3 is 1.83 bits per heavy atom. The van der Waals surface area contributed by atoms with Crippen LogP contribution in [0.25, 0.3) is 0 Å². The Morgan fingerprint density at radius 1 is 0.783 bits per heavy atom. The average molecular weight is 320 g/mol. The predicted octanol–water partition coefficient (Wildman–Crippen LogP) is 5.19. The van der Waals surface area contributed by atoms with Gasteiger partial charge < -0.3 is 10.2 Å². The number of carboxylic acids is 1. The normalized spacial score (nSPS) is 13.2. The highest BCUT2D eigenvalue weighted by molar-refractivity contribution is 5.86. The SMILES string of the molecule is CC(C)=CCC/C(=C\CC/C(C)=C/CC/C(C)=C/CO)C(=O)O. The highest BCUT2D eigenvalue weighted by Gasteiger charge is 2.05. The molecule has 0 amide bonds. The van der Waals surface area contributed by atoms with Crippen molar-refractivity contribution in [2.45, 2.75) is 66.2 Å². The van der Waals surface area contributed by atoms with Crippen LogP contribution >= 0.6 is 0 Å². The fourth-order valence-electron chi connectivity index (χ4n) is 2.19. The van der Waals surface area contributed by atoms with Crippen molar-refractivity contribution in [1.29, 1.82) is 0 Å². The van der Waals surface area contributed by atoms with Crippen LogP contribution in [0.1, 0.15) is 66.2 Å². The first-order chi connectivity index (χ1) is 10.9. The number of aliphatic hydroxyl groups excluding tert-OH is 1. The van der Waals surface area contributed by atoms with Gasteiger partial charge in [-0.1, -0.05) is 41.0 Å². The summed E-state index contributed by atoms with van der Waals surface area (Å²) in [4.78, 5) is 11.2. The van der Waals surface area contributed by atoms with Crippen LogP contribution in [-0.2, 0) is 4.79 Å². The van der Waals surface area contributed by atoms with Crippen molar-refractivity contribution in [1.82, 2.24) is 0 Å². The van der Waals surface area contributed by atoms with Gasteiger partial charge in [-0.05, 0) is 66.2 Å². The standard InChI is InChI=1S/C20H32O3/c1-16(2)8-5-12-19(20(22)23)13-7-11-17(3)9-6-10-18(4)14-15-21/h8-9,13-14,21H,5-7,10-12,15H2,1-4H3,(H,22,23)/b17-9+,18-14+,19-13+. The predicted molar refractivity (Wildman–Crippen MR) is 97.5 cm³/mol. The first-order valence-corrected chi connectivity index (χ1v) is 8.34. The number of allylic oxidation sites excluding steroid dienone is 6. The van der Waals surface area contributed by atoms with Gasteiger partial charge in [0.15, 0.2) is 0 Å². The maximum absolute atomic E-state index is 11.2. The lowest BCUT2D eigenvalue weighted by molar-refractivity contribution is -0.132. The summed E-state index contributed by atoms with van der Waals surface area (Å²) in [7, 11) is 0. The zero-order valence-electron chi connectivity index (χ0n) is 15.1. The Hall–Kier alpha value is -1.61. The summed E-state index contributed by atoms with van der Waals surface area (Å²) in [6, 6.07) is 0. The summed E-state index contributed by atoms with van der Waals surface area (Å²) < 4.78 is 0. The molecule has 3 nitrogen and oxygen atoms in total. The van der Waals surface area contributed by atoms with E-state index in [-0.39, 0.29) is 6.61 Å². The van der Waals surface area contributed by atoms with Gasteiger partial charge >= 0.3 is 5.97 Å².